The van der Waals surface area contributed by atoms with Gasteiger partial charge in [0.2, 0.25) is 16.0 Å². The molecule has 2 aromatic carbocycles. The van der Waals surface area contributed by atoms with Crippen molar-refractivity contribution >= 4 is 27.3 Å². The van der Waals surface area contributed by atoms with Gasteiger partial charge in [-0.15, -0.1) is 0 Å². The first-order valence-corrected chi connectivity index (χ1v) is 14.9. The third-order valence-electron chi connectivity index (χ3n) is 6.95. The van der Waals surface area contributed by atoms with Crippen LogP contribution < -0.4 is 15.4 Å². The lowest BCUT2D eigenvalue weighted by Gasteiger charge is -2.31. The maximum Gasteiger partial charge on any atom is 0.227 e. The highest BCUT2D eigenvalue weighted by atomic mass is 32.2. The maximum absolute atomic E-state index is 11.7. The van der Waals surface area contributed by atoms with E-state index in [0.717, 1.165) is 42.6 Å². The first kappa shape index (κ1) is 26.9. The molecular weight excluding hydrogens is 516 g/mol. The number of nitriles is 1. The average Bonchev–Trinajstić information content (AvgIpc) is 2.95. The average molecular weight is 549 g/mol. The Morgan fingerprint density at radius 2 is 1.74 bits per heavy atom. The maximum atomic E-state index is 11.7. The molecule has 5 rings (SSSR count). The molecule has 2 fully saturated rings. The van der Waals surface area contributed by atoms with E-state index in [4.69, 9.17) is 9.47 Å². The van der Waals surface area contributed by atoms with Crippen LogP contribution in [-0.2, 0) is 14.8 Å². The quantitative estimate of drug-likeness (QED) is 0.426. The van der Waals surface area contributed by atoms with Gasteiger partial charge in [-0.05, 0) is 61.4 Å². The largest absolute Gasteiger partial charge is 0.489 e. The summed E-state index contributed by atoms with van der Waals surface area (Å²) >= 11 is 0. The molecular formula is C28H32N6O4S. The smallest absolute Gasteiger partial charge is 0.227 e. The van der Waals surface area contributed by atoms with Gasteiger partial charge in [0, 0.05) is 55.1 Å². The molecule has 2 aliphatic heterocycles. The van der Waals surface area contributed by atoms with Crippen LogP contribution in [0.1, 0.15) is 31.2 Å². The minimum Gasteiger partial charge on any atom is -0.489 e. The fourth-order valence-corrected chi connectivity index (χ4v) is 5.65. The topological polar surface area (TPSA) is 129 Å². The van der Waals surface area contributed by atoms with E-state index in [9.17, 15) is 13.7 Å². The van der Waals surface area contributed by atoms with Gasteiger partial charge in [0.25, 0.3) is 0 Å². The van der Waals surface area contributed by atoms with Crippen molar-refractivity contribution in [1.82, 2.24) is 14.3 Å². The van der Waals surface area contributed by atoms with Gasteiger partial charge >= 0.3 is 0 Å². The first-order valence-electron chi connectivity index (χ1n) is 13.1. The van der Waals surface area contributed by atoms with Crippen molar-refractivity contribution in [2.45, 2.75) is 37.8 Å². The molecule has 0 bridgehead atoms. The van der Waals surface area contributed by atoms with Crippen molar-refractivity contribution in [2.75, 3.05) is 43.2 Å². The highest BCUT2D eigenvalue weighted by Gasteiger charge is 2.24. The van der Waals surface area contributed by atoms with Gasteiger partial charge in [0.05, 0.1) is 30.7 Å². The van der Waals surface area contributed by atoms with Gasteiger partial charge in [-0.1, -0.05) is 0 Å². The number of benzene rings is 2. The van der Waals surface area contributed by atoms with E-state index in [2.05, 4.69) is 26.7 Å². The summed E-state index contributed by atoms with van der Waals surface area (Å²) in [7, 11) is -3.13. The molecule has 3 aromatic rings. The van der Waals surface area contributed by atoms with Crippen molar-refractivity contribution in [3.63, 3.8) is 0 Å². The second kappa shape index (κ2) is 12.0. The van der Waals surface area contributed by atoms with Crippen molar-refractivity contribution in [3.8, 4) is 23.1 Å². The zero-order valence-corrected chi connectivity index (χ0v) is 22.7. The van der Waals surface area contributed by atoms with Gasteiger partial charge in [0.1, 0.15) is 17.9 Å². The summed E-state index contributed by atoms with van der Waals surface area (Å²) in [5.74, 6) is 1.03. The zero-order valence-electron chi connectivity index (χ0n) is 21.8. The van der Waals surface area contributed by atoms with Crippen LogP contribution in [0.4, 0.5) is 17.3 Å². The fourth-order valence-electron chi connectivity index (χ4n) is 4.78. The summed E-state index contributed by atoms with van der Waals surface area (Å²) in [6.45, 7) is 2.41. The number of ether oxygens (including phenoxy) is 2. The Labute approximate surface area is 229 Å². The number of hydrogen-bond donors (Lipinski definition) is 2. The Morgan fingerprint density at radius 3 is 2.44 bits per heavy atom. The minimum atomic E-state index is -3.13. The monoisotopic (exact) mass is 548 g/mol. The Bertz CT molecular complexity index is 1430. The number of anilines is 3. The molecule has 0 atom stereocenters. The molecule has 11 heteroatoms. The minimum absolute atomic E-state index is 0.0565. The van der Waals surface area contributed by atoms with Gasteiger partial charge in [-0.3, -0.25) is 0 Å². The van der Waals surface area contributed by atoms with Gasteiger partial charge in [0.15, 0.2) is 0 Å². The SMILES string of the molecule is CS(=O)(=O)N1CCC(Nc2ccc(Nc3nccc(-c4ccc(OC5CCOCC5)c(C#N)c4)n3)cc2)CC1. The summed E-state index contributed by atoms with van der Waals surface area (Å²) in [4.78, 5) is 8.99. The molecule has 0 saturated carbocycles. The predicted octanol–water partition coefficient (Wildman–Crippen LogP) is 4.15. The van der Waals surface area contributed by atoms with Crippen LogP contribution >= 0.6 is 0 Å². The van der Waals surface area contributed by atoms with E-state index in [1.54, 1.807) is 12.3 Å². The Balaban J connectivity index is 1.21. The molecule has 0 unspecified atom stereocenters. The summed E-state index contributed by atoms with van der Waals surface area (Å²) < 4.78 is 36.4. The van der Waals surface area contributed by atoms with Crippen LogP contribution in [0.5, 0.6) is 5.75 Å². The van der Waals surface area contributed by atoms with Crippen molar-refractivity contribution in [1.29, 1.82) is 5.26 Å². The second-order valence-electron chi connectivity index (χ2n) is 9.80. The molecule has 10 nitrogen and oxygen atoms in total. The second-order valence-corrected chi connectivity index (χ2v) is 11.8. The van der Waals surface area contributed by atoms with Crippen LogP contribution in [0.15, 0.2) is 54.7 Å². The Morgan fingerprint density at radius 1 is 1.03 bits per heavy atom. The molecule has 1 aromatic heterocycles. The lowest BCUT2D eigenvalue weighted by molar-refractivity contribution is 0.0254. The van der Waals surface area contributed by atoms with Crippen molar-refractivity contribution in [3.05, 3.63) is 60.3 Å². The number of rotatable bonds is 8. The molecule has 3 heterocycles. The molecule has 2 N–H and O–H groups in total. The predicted molar refractivity (Wildman–Crippen MR) is 149 cm³/mol. The van der Waals surface area contributed by atoms with Crippen LogP contribution in [-0.4, -0.2) is 67.4 Å². The summed E-state index contributed by atoms with van der Waals surface area (Å²) in [6, 6.07) is 17.7. The van der Waals surface area contributed by atoms with E-state index >= 15 is 0 Å². The normalized spacial score (nSPS) is 17.3. The van der Waals surface area contributed by atoms with Gasteiger partial charge in [-0.2, -0.15) is 5.26 Å². The summed E-state index contributed by atoms with van der Waals surface area (Å²) in [5.41, 5.74) is 3.78. The highest BCUT2D eigenvalue weighted by molar-refractivity contribution is 7.88. The number of nitrogens with zero attached hydrogens (tertiary/aromatic N) is 4. The molecule has 0 amide bonds. The van der Waals surface area contributed by atoms with Gasteiger partial charge < -0.3 is 20.1 Å². The molecule has 2 saturated heterocycles. The van der Waals surface area contributed by atoms with Crippen LogP contribution in [0.2, 0.25) is 0 Å². The number of hydrogen-bond acceptors (Lipinski definition) is 9. The molecule has 204 valence electrons. The highest BCUT2D eigenvalue weighted by Crippen LogP contribution is 2.28. The number of nitrogens with one attached hydrogen (secondary N) is 2. The van der Waals surface area contributed by atoms with E-state index in [-0.39, 0.29) is 12.1 Å². The molecule has 0 radical (unpaired) electrons. The van der Waals surface area contributed by atoms with Crippen LogP contribution in [0.3, 0.4) is 0 Å². The van der Waals surface area contributed by atoms with E-state index in [1.807, 2.05) is 42.5 Å². The lowest BCUT2D eigenvalue weighted by atomic mass is 10.1. The van der Waals surface area contributed by atoms with E-state index in [1.165, 1.54) is 10.6 Å². The van der Waals surface area contributed by atoms with Crippen LogP contribution in [0.25, 0.3) is 11.3 Å². The zero-order chi connectivity index (χ0) is 27.2. The first-order chi connectivity index (χ1) is 18.9. The Hall–Kier alpha value is -3.72. The number of sulfonamides is 1. The van der Waals surface area contributed by atoms with Crippen molar-refractivity contribution < 1.29 is 17.9 Å². The third kappa shape index (κ3) is 7.03. The van der Waals surface area contributed by atoms with E-state index < -0.39 is 10.0 Å². The van der Waals surface area contributed by atoms with E-state index in [0.29, 0.717) is 49.3 Å². The molecule has 39 heavy (non-hydrogen) atoms. The standard InChI is InChI=1S/C28H32N6O4S/c1-39(35,36)34-14-9-24(10-15-34)31-22-3-5-23(6-4-22)32-28-30-13-8-26(33-28)20-2-7-27(21(18-20)19-29)38-25-11-16-37-17-12-25/h2-8,13,18,24-25,31H,9-12,14-17H2,1H3,(H,30,32,33). The fraction of sp³-hybridized carbons (Fsp3) is 0.393. The summed E-state index contributed by atoms with van der Waals surface area (Å²) in [6.07, 6.45) is 6.16. The lowest BCUT2D eigenvalue weighted by Crippen LogP contribution is -2.41. The molecule has 0 aliphatic carbocycles. The third-order valence-corrected chi connectivity index (χ3v) is 8.25. The Kier molecular flexibility index (Phi) is 8.26. The molecule has 2 aliphatic rings. The summed E-state index contributed by atoms with van der Waals surface area (Å²) in [5, 5.41) is 16.4. The van der Waals surface area contributed by atoms with Gasteiger partial charge in [-0.25, -0.2) is 22.7 Å². The van der Waals surface area contributed by atoms with Crippen molar-refractivity contribution in [2.24, 2.45) is 0 Å². The number of piperidine rings is 1. The van der Waals surface area contributed by atoms with Crippen LogP contribution in [0, 0.1) is 11.3 Å². The number of aromatic nitrogens is 2. The molecule has 0 spiro atoms.